The quantitative estimate of drug-likeness (QED) is 0.619. The molecule has 0 aliphatic carbocycles. The highest BCUT2D eigenvalue weighted by molar-refractivity contribution is 7.17. The van der Waals surface area contributed by atoms with Crippen LogP contribution in [0.2, 0.25) is 10.2 Å². The van der Waals surface area contributed by atoms with Crippen LogP contribution in [0, 0.1) is 13.8 Å². The van der Waals surface area contributed by atoms with Gasteiger partial charge in [0.25, 0.3) is 5.91 Å². The van der Waals surface area contributed by atoms with E-state index in [0.29, 0.717) is 37.5 Å². The summed E-state index contributed by atoms with van der Waals surface area (Å²) >= 11 is 13.2. The number of para-hydroxylation sites is 1. The van der Waals surface area contributed by atoms with Crippen molar-refractivity contribution in [2.24, 2.45) is 0 Å². The number of rotatable bonds is 4. The topological polar surface area (TPSA) is 79.8 Å². The molecule has 0 spiro atoms. The molecule has 0 saturated carbocycles. The number of amides is 1. The molecule has 0 radical (unpaired) electrons. The number of carbonyl (C=O) groups excluding carboxylic acids is 1. The highest BCUT2D eigenvalue weighted by Crippen LogP contribution is 2.28. The van der Waals surface area contributed by atoms with E-state index in [1.54, 1.807) is 25.3 Å². The zero-order valence-corrected chi connectivity index (χ0v) is 15.6. The average molecular weight is 394 g/mol. The lowest BCUT2D eigenvalue weighted by molar-refractivity contribution is 0.102. The Balaban J connectivity index is 1.75. The summed E-state index contributed by atoms with van der Waals surface area (Å²) in [5.41, 5.74) is 1.46. The maximum absolute atomic E-state index is 12.4. The summed E-state index contributed by atoms with van der Waals surface area (Å²) in [4.78, 5) is 24.8. The molecule has 0 saturated heterocycles. The fraction of sp³-hybridized carbons (Fsp3) is 0.125. The van der Waals surface area contributed by atoms with Crippen LogP contribution in [0.5, 0.6) is 0 Å². The number of carbonyl (C=O) groups is 1. The molecule has 1 amide bonds. The summed E-state index contributed by atoms with van der Waals surface area (Å²) in [6, 6.07) is 7.02. The molecule has 3 rings (SSSR count). The van der Waals surface area contributed by atoms with E-state index in [4.69, 9.17) is 23.2 Å². The Bertz CT molecular complexity index is 904. The number of aromatic nitrogens is 3. The number of nitrogens with one attached hydrogen (secondary N) is 2. The van der Waals surface area contributed by atoms with Crippen molar-refractivity contribution in [3.8, 4) is 0 Å². The van der Waals surface area contributed by atoms with Crippen LogP contribution in [0.3, 0.4) is 0 Å². The van der Waals surface area contributed by atoms with E-state index in [1.165, 1.54) is 11.3 Å². The summed E-state index contributed by atoms with van der Waals surface area (Å²) in [6.45, 7) is 3.62. The van der Waals surface area contributed by atoms with Gasteiger partial charge in [-0.05, 0) is 25.5 Å². The van der Waals surface area contributed by atoms with Crippen LogP contribution >= 0.6 is 34.5 Å². The Morgan fingerprint density at radius 1 is 1.20 bits per heavy atom. The molecule has 2 N–H and O–H groups in total. The summed E-state index contributed by atoms with van der Waals surface area (Å²) in [5, 5.41) is 7.64. The van der Waals surface area contributed by atoms with Gasteiger partial charge in [-0.2, -0.15) is 0 Å². The molecule has 0 atom stereocenters. The first-order chi connectivity index (χ1) is 11.9. The normalized spacial score (nSPS) is 10.6. The minimum Gasteiger partial charge on any atom is -0.330 e. The van der Waals surface area contributed by atoms with E-state index >= 15 is 0 Å². The molecule has 0 unspecified atom stereocenters. The van der Waals surface area contributed by atoms with Crippen LogP contribution in [0.25, 0.3) is 0 Å². The predicted octanol–water partition coefficient (Wildman–Crippen LogP) is 4.85. The summed E-state index contributed by atoms with van der Waals surface area (Å²) in [5.74, 6) is 0.757. The van der Waals surface area contributed by atoms with Gasteiger partial charge in [0, 0.05) is 6.07 Å². The SMILES string of the molecule is Cc1nc(Cl)cc(Nc2cnc(C(=O)Nc3c(C)cccc3Cl)s2)n1. The van der Waals surface area contributed by atoms with Crippen molar-refractivity contribution in [3.05, 3.63) is 57.0 Å². The van der Waals surface area contributed by atoms with Crippen molar-refractivity contribution < 1.29 is 4.79 Å². The fourth-order valence-corrected chi connectivity index (χ4v) is 3.33. The van der Waals surface area contributed by atoms with Crippen molar-refractivity contribution >= 4 is 57.0 Å². The summed E-state index contributed by atoms with van der Waals surface area (Å²) in [6.07, 6.45) is 1.56. The fourth-order valence-electron chi connectivity index (χ4n) is 2.12. The monoisotopic (exact) mass is 393 g/mol. The molecule has 2 aromatic heterocycles. The summed E-state index contributed by atoms with van der Waals surface area (Å²) < 4.78 is 0. The molecule has 3 aromatic rings. The molecule has 9 heteroatoms. The average Bonchev–Trinajstić information content (AvgIpc) is 2.98. The van der Waals surface area contributed by atoms with E-state index in [1.807, 2.05) is 19.1 Å². The Morgan fingerprint density at radius 2 is 2.00 bits per heavy atom. The Hall–Kier alpha value is -2.22. The smallest absolute Gasteiger partial charge is 0.284 e. The largest absolute Gasteiger partial charge is 0.330 e. The van der Waals surface area contributed by atoms with Gasteiger partial charge >= 0.3 is 0 Å². The van der Waals surface area contributed by atoms with Crippen LogP contribution in [0.1, 0.15) is 21.2 Å². The number of anilines is 3. The molecule has 0 bridgehead atoms. The molecule has 6 nitrogen and oxygen atoms in total. The number of aryl methyl sites for hydroxylation is 2. The third-order valence-corrected chi connectivity index (χ3v) is 4.64. The van der Waals surface area contributed by atoms with Gasteiger partial charge in [0.1, 0.15) is 21.8 Å². The third kappa shape index (κ3) is 4.25. The van der Waals surface area contributed by atoms with Crippen molar-refractivity contribution in [2.75, 3.05) is 10.6 Å². The second-order valence-electron chi connectivity index (χ2n) is 5.16. The van der Waals surface area contributed by atoms with Crippen LogP contribution in [0.4, 0.5) is 16.5 Å². The lowest BCUT2D eigenvalue weighted by Gasteiger charge is -2.08. The maximum atomic E-state index is 12.4. The molecular weight excluding hydrogens is 381 g/mol. The highest BCUT2D eigenvalue weighted by Gasteiger charge is 2.15. The Labute approximate surface area is 158 Å². The van der Waals surface area contributed by atoms with Crippen molar-refractivity contribution in [2.45, 2.75) is 13.8 Å². The highest BCUT2D eigenvalue weighted by atomic mass is 35.5. The minimum absolute atomic E-state index is 0.304. The molecule has 0 aliphatic heterocycles. The number of benzene rings is 1. The van der Waals surface area contributed by atoms with Crippen LogP contribution in [-0.2, 0) is 0 Å². The molecule has 128 valence electrons. The van der Waals surface area contributed by atoms with E-state index in [9.17, 15) is 4.79 Å². The van der Waals surface area contributed by atoms with Gasteiger partial charge in [-0.25, -0.2) is 15.0 Å². The lowest BCUT2D eigenvalue weighted by atomic mass is 10.2. The number of hydrogen-bond donors (Lipinski definition) is 2. The number of halogens is 2. The van der Waals surface area contributed by atoms with Crippen LogP contribution < -0.4 is 10.6 Å². The Kier molecular flexibility index (Phi) is 5.17. The van der Waals surface area contributed by atoms with E-state index in [2.05, 4.69) is 25.6 Å². The van der Waals surface area contributed by atoms with Gasteiger partial charge in [-0.3, -0.25) is 4.79 Å². The first-order valence-electron chi connectivity index (χ1n) is 7.23. The van der Waals surface area contributed by atoms with E-state index in [0.717, 1.165) is 5.56 Å². The standard InChI is InChI=1S/C16H13Cl2N5OS/c1-8-4-3-5-10(17)14(8)23-15(24)16-19-7-13(25-16)22-12-6-11(18)20-9(2)21-12/h3-7H,1-2H3,(H,23,24)(H,20,21,22). The minimum atomic E-state index is -0.328. The Morgan fingerprint density at radius 3 is 2.72 bits per heavy atom. The maximum Gasteiger partial charge on any atom is 0.284 e. The van der Waals surface area contributed by atoms with Gasteiger partial charge in [0.05, 0.1) is 16.9 Å². The zero-order chi connectivity index (χ0) is 18.0. The molecule has 1 aromatic carbocycles. The molecule has 25 heavy (non-hydrogen) atoms. The number of thiazole rings is 1. The van der Waals surface area contributed by atoms with Gasteiger partial charge in [-0.15, -0.1) is 0 Å². The van der Waals surface area contributed by atoms with E-state index in [-0.39, 0.29) is 5.91 Å². The third-order valence-electron chi connectivity index (χ3n) is 3.22. The van der Waals surface area contributed by atoms with Crippen LogP contribution in [-0.4, -0.2) is 20.9 Å². The van der Waals surface area contributed by atoms with E-state index < -0.39 is 0 Å². The van der Waals surface area contributed by atoms with Gasteiger partial charge in [0.15, 0.2) is 5.01 Å². The number of nitrogens with zero attached hydrogens (tertiary/aromatic N) is 3. The second kappa shape index (κ2) is 7.35. The molecular formula is C16H13Cl2N5OS. The zero-order valence-electron chi connectivity index (χ0n) is 13.3. The van der Waals surface area contributed by atoms with Crippen molar-refractivity contribution in [1.82, 2.24) is 15.0 Å². The first kappa shape index (κ1) is 17.6. The van der Waals surface area contributed by atoms with Crippen LogP contribution in [0.15, 0.2) is 30.5 Å². The van der Waals surface area contributed by atoms with Crippen molar-refractivity contribution in [1.29, 1.82) is 0 Å². The molecule has 2 heterocycles. The lowest BCUT2D eigenvalue weighted by Crippen LogP contribution is -2.12. The van der Waals surface area contributed by atoms with Gasteiger partial charge < -0.3 is 10.6 Å². The van der Waals surface area contributed by atoms with Gasteiger partial charge in [0.2, 0.25) is 0 Å². The van der Waals surface area contributed by atoms with Crippen molar-refractivity contribution in [3.63, 3.8) is 0 Å². The second-order valence-corrected chi connectivity index (χ2v) is 6.99. The summed E-state index contributed by atoms with van der Waals surface area (Å²) in [7, 11) is 0. The van der Waals surface area contributed by atoms with Gasteiger partial charge in [-0.1, -0.05) is 46.7 Å². The number of hydrogen-bond acceptors (Lipinski definition) is 6. The molecule has 0 aliphatic rings. The first-order valence-corrected chi connectivity index (χ1v) is 8.80. The molecule has 0 fully saturated rings. The predicted molar refractivity (Wildman–Crippen MR) is 101 cm³/mol.